The van der Waals surface area contributed by atoms with Gasteiger partial charge >= 0.3 is 0 Å². The Balaban J connectivity index is -0.00000000167. The number of nitrogens with two attached hydrogens (primary N) is 1. The fourth-order valence-corrected chi connectivity index (χ4v) is 0. The van der Waals surface area contributed by atoms with Gasteiger partial charge in [-0.3, -0.25) is 0 Å². The first-order chi connectivity index (χ1) is 1.00. The molecule has 0 aliphatic heterocycles. The lowest BCUT2D eigenvalue weighted by molar-refractivity contribution is 0.823. The van der Waals surface area contributed by atoms with Crippen LogP contribution in [0.5, 0.6) is 0 Å². The Bertz CT molecular complexity index is 6.85. The lowest BCUT2D eigenvalue weighted by Gasteiger charge is -1.17. The van der Waals surface area contributed by atoms with E-state index in [1.807, 2.05) is 0 Å². The van der Waals surface area contributed by atoms with Gasteiger partial charge in [-0.25, -0.2) is 0 Å². The summed E-state index contributed by atoms with van der Waals surface area (Å²) in [5.74, 6) is 0. The van der Waals surface area contributed by atoms with Gasteiger partial charge in [0.1, 0.15) is 0 Å². The summed E-state index contributed by atoms with van der Waals surface area (Å²) < 4.78 is 0. The van der Waals surface area contributed by atoms with E-state index in [1.165, 1.54) is 0 Å². The minimum atomic E-state index is 0. The van der Waals surface area contributed by atoms with Crippen molar-refractivity contribution in [3.05, 3.63) is 0 Å². The van der Waals surface area contributed by atoms with Crippen LogP contribution in [0.4, 0.5) is 0 Å². The summed E-state index contributed by atoms with van der Waals surface area (Å²) in [7, 11) is 0.806. The van der Waals surface area contributed by atoms with Crippen molar-refractivity contribution in [3.63, 3.8) is 0 Å². The van der Waals surface area contributed by atoms with Crippen LogP contribution in [0.15, 0.2) is 0 Å². The Hall–Kier alpha value is 0.0569. The van der Waals surface area contributed by atoms with Crippen molar-refractivity contribution in [2.24, 2.45) is 5.40 Å². The van der Waals surface area contributed by atoms with Gasteiger partial charge in [-0.15, -0.1) is 0 Å². The summed E-state index contributed by atoms with van der Waals surface area (Å²) >= 11 is 0. The molecule has 5 heteroatoms. The Morgan fingerprint density at radius 3 is 0.800 bits per heavy atom. The first-order valence-electron chi connectivity index (χ1n) is 0.577. The molecule has 0 aliphatic carbocycles. The van der Waals surface area contributed by atoms with Crippen molar-refractivity contribution in [1.29, 1.82) is 0 Å². The maximum absolute atomic E-state index is 4.64. The van der Waals surface area contributed by atoms with Crippen LogP contribution in [0.2, 0.25) is 0 Å². The van der Waals surface area contributed by atoms with E-state index < -0.39 is 0 Å². The molecule has 0 aliphatic rings. The molecule has 5 heavy (non-hydrogen) atoms. The van der Waals surface area contributed by atoms with Crippen molar-refractivity contribution in [3.8, 4) is 0 Å². The second-order valence-corrected chi connectivity index (χ2v) is 0. The lowest BCUT2D eigenvalue weighted by Crippen LogP contribution is -1.75. The molecule has 0 saturated heterocycles. The van der Waals surface area contributed by atoms with E-state index in [2.05, 4.69) is 5.40 Å². The van der Waals surface area contributed by atoms with E-state index in [9.17, 15) is 0 Å². The number of rotatable bonds is 0. The van der Waals surface area contributed by atoms with Gasteiger partial charge in [0.25, 0.3) is 0 Å². The minimum Gasteiger partial charge on any atom is -0.412 e. The Kier molecular flexibility index (Phi) is 175000. The highest BCUT2D eigenvalue weighted by Crippen LogP contribution is 0.350. The zero-order valence-electron chi connectivity index (χ0n) is 3.08. The zero-order chi connectivity index (χ0) is 2.00. The zero-order valence-corrected chi connectivity index (χ0v) is 5.08. The van der Waals surface area contributed by atoms with Gasteiger partial charge in [-0.05, 0) is 0 Å². The van der Waals surface area contributed by atoms with Crippen LogP contribution in [0.3, 0.4) is 0 Å². The number of hydrogen-bond donors (Lipinski definition) is 1. The summed E-state index contributed by atoms with van der Waals surface area (Å²) in [6.07, 6.45) is 0. The second-order valence-electron chi connectivity index (χ2n) is 0. The first-order valence-corrected chi connectivity index (χ1v) is 1.73. The predicted octanol–water partition coefficient (Wildman–Crippen LogP) is -4.25. The number of hydrogen-bond acceptors (Lipinski definition) is 1. The summed E-state index contributed by atoms with van der Waals surface area (Å²) in [6, 6.07) is 0. The molecule has 4 nitrogen and oxygen atoms in total. The average molecular weight is 101 g/mol. The van der Waals surface area contributed by atoms with Gasteiger partial charge in [-0.1, -0.05) is 0 Å². The van der Waals surface area contributed by atoms with Crippen molar-refractivity contribution in [2.45, 2.75) is 0 Å². The van der Waals surface area contributed by atoms with E-state index in [-0.39, 0.29) is 16.4 Å². The summed E-state index contributed by atoms with van der Waals surface area (Å²) in [5, 5.41) is 4.64. The monoisotopic (exact) mass is 101 g/mol. The summed E-state index contributed by atoms with van der Waals surface area (Å²) in [5.41, 5.74) is 0. The van der Waals surface area contributed by atoms with Crippen LogP contribution in [-0.4, -0.2) is 26.8 Å². The predicted molar refractivity (Wildman–Crippen MR) is 25.0 cm³/mol. The Labute approximate surface area is 33.4 Å². The third kappa shape index (κ3) is 5300. The molecular weight excluding hydrogens is 90.1 g/mol. The van der Waals surface area contributed by atoms with Crippen LogP contribution in [0.1, 0.15) is 0 Å². The SMILES string of the molecule is N[SiH3].O.O.O. The highest BCUT2D eigenvalue weighted by atomic mass is 28.2. The maximum Gasteiger partial charge on any atom is 0.0716 e. The van der Waals surface area contributed by atoms with E-state index in [1.54, 1.807) is 0 Å². The molecule has 0 heterocycles. The molecule has 0 radical (unpaired) electrons. The third-order valence-electron chi connectivity index (χ3n) is 0. The smallest absolute Gasteiger partial charge is 0.0716 e. The molecule has 0 atom stereocenters. The standard InChI is InChI=1S/H5NSi.3H2O/c1-2;;;/h1H2,2H3;3*1H2. The van der Waals surface area contributed by atoms with Crippen LogP contribution in [0.25, 0.3) is 0 Å². The average Bonchev–Trinajstić information content (AvgIpc) is 1.00. The maximum atomic E-state index is 4.64. The van der Waals surface area contributed by atoms with Gasteiger partial charge in [0, 0.05) is 0 Å². The molecule has 38 valence electrons. The Morgan fingerprint density at radius 1 is 0.800 bits per heavy atom. The van der Waals surface area contributed by atoms with E-state index in [0.29, 0.717) is 0 Å². The molecular formula is H11NO3Si. The first kappa shape index (κ1) is 74.5. The van der Waals surface area contributed by atoms with Crippen LogP contribution in [0, 0.1) is 0 Å². The van der Waals surface area contributed by atoms with Gasteiger partial charge in [-0.2, -0.15) is 0 Å². The van der Waals surface area contributed by atoms with Crippen molar-refractivity contribution >= 4 is 10.4 Å². The van der Waals surface area contributed by atoms with E-state index in [4.69, 9.17) is 0 Å². The molecule has 0 aromatic heterocycles. The van der Waals surface area contributed by atoms with Crippen molar-refractivity contribution < 1.29 is 16.4 Å². The highest BCUT2D eigenvalue weighted by Gasteiger charge is 0.880. The summed E-state index contributed by atoms with van der Waals surface area (Å²) in [4.78, 5) is 0. The second kappa shape index (κ2) is 11700. The Morgan fingerprint density at radius 2 is 0.800 bits per heavy atom. The summed E-state index contributed by atoms with van der Waals surface area (Å²) in [6.45, 7) is 0. The fourth-order valence-electron chi connectivity index (χ4n) is 0. The van der Waals surface area contributed by atoms with Gasteiger partial charge in [0.05, 0.1) is 10.4 Å². The molecule has 0 saturated carbocycles. The highest BCUT2D eigenvalue weighted by molar-refractivity contribution is 6.02. The molecule has 0 fully saturated rings. The topological polar surface area (TPSA) is 121 Å². The van der Waals surface area contributed by atoms with Crippen LogP contribution in [-0.2, 0) is 0 Å². The van der Waals surface area contributed by atoms with Crippen molar-refractivity contribution in [2.75, 3.05) is 0 Å². The largest absolute Gasteiger partial charge is 0.412 e. The molecule has 8 N–H and O–H groups in total. The minimum absolute atomic E-state index is 0. The fraction of sp³-hybridized carbons (Fsp3) is 0. The van der Waals surface area contributed by atoms with E-state index >= 15 is 0 Å². The van der Waals surface area contributed by atoms with Crippen LogP contribution >= 0.6 is 0 Å². The molecule has 0 aromatic carbocycles. The van der Waals surface area contributed by atoms with Gasteiger partial charge in [0.2, 0.25) is 0 Å². The lowest BCUT2D eigenvalue weighted by atomic mass is 13.9. The molecule has 0 aromatic rings. The van der Waals surface area contributed by atoms with Gasteiger partial charge in [0.15, 0.2) is 0 Å². The molecule has 0 amide bonds. The molecule has 0 spiro atoms. The quantitative estimate of drug-likeness (QED) is 0.305. The van der Waals surface area contributed by atoms with Gasteiger partial charge < -0.3 is 21.8 Å². The van der Waals surface area contributed by atoms with Crippen molar-refractivity contribution in [1.82, 2.24) is 0 Å². The molecule has 0 rings (SSSR count). The molecule has 0 bridgehead atoms. The van der Waals surface area contributed by atoms with Crippen LogP contribution < -0.4 is 5.40 Å². The third-order valence-corrected chi connectivity index (χ3v) is 0. The normalized spacial score (nSPS) is 1.80. The van der Waals surface area contributed by atoms with E-state index in [0.717, 1.165) is 10.4 Å². The molecule has 0 unspecified atom stereocenters.